The lowest BCUT2D eigenvalue weighted by atomic mass is 9.95. The highest BCUT2D eigenvalue weighted by Crippen LogP contribution is 2.57. The van der Waals surface area contributed by atoms with E-state index < -0.39 is 17.6 Å². The molecule has 0 amide bonds. The molecule has 0 aromatic heterocycles. The van der Waals surface area contributed by atoms with Crippen LogP contribution < -0.4 is 9.80 Å². The number of azo groups is 1. The van der Waals surface area contributed by atoms with Crippen LogP contribution in [0.3, 0.4) is 0 Å². The van der Waals surface area contributed by atoms with Gasteiger partial charge < -0.3 is 14.5 Å². The van der Waals surface area contributed by atoms with Crippen LogP contribution in [-0.4, -0.2) is 38.0 Å². The molecule has 180 valence electrons. The van der Waals surface area contributed by atoms with E-state index in [9.17, 15) is 9.59 Å². The Labute approximate surface area is 213 Å². The van der Waals surface area contributed by atoms with Crippen LogP contribution in [0, 0.1) is 0 Å². The number of benzene rings is 3. The predicted octanol–water partition coefficient (Wildman–Crippen LogP) is 6.38. The second kappa shape index (κ2) is 10.00. The fraction of sp³-hybridized carbons (Fsp3) is 0.259. The van der Waals surface area contributed by atoms with Gasteiger partial charge in [-0.15, -0.1) is 0 Å². The van der Waals surface area contributed by atoms with Crippen LogP contribution in [0.5, 0.6) is 0 Å². The van der Waals surface area contributed by atoms with E-state index in [2.05, 4.69) is 26.2 Å². The molecule has 0 bridgehead atoms. The zero-order valence-electron chi connectivity index (χ0n) is 20.1. The maximum absolute atomic E-state index is 13.1. The van der Waals surface area contributed by atoms with Gasteiger partial charge in [-0.2, -0.15) is 10.2 Å². The number of hydrogen-bond donors (Lipinski definition) is 0. The summed E-state index contributed by atoms with van der Waals surface area (Å²) in [5, 5.41) is 8.57. The van der Waals surface area contributed by atoms with Gasteiger partial charge in [0.2, 0.25) is 5.54 Å². The molecule has 1 aliphatic heterocycles. The molecule has 1 aliphatic rings. The average molecular weight is 535 g/mol. The summed E-state index contributed by atoms with van der Waals surface area (Å²) in [6.45, 7) is 3.38. The number of anilines is 2. The Balaban J connectivity index is 1.67. The molecule has 1 fully saturated rings. The van der Waals surface area contributed by atoms with E-state index in [1.165, 1.54) is 6.92 Å². The smallest absolute Gasteiger partial charge is 0.342 e. The largest absolute Gasteiger partial charge is 0.464 e. The van der Waals surface area contributed by atoms with Crippen molar-refractivity contribution in [2.75, 3.05) is 30.5 Å². The van der Waals surface area contributed by atoms with Crippen LogP contribution in [0.25, 0.3) is 0 Å². The fourth-order valence-corrected chi connectivity index (χ4v) is 4.67. The maximum atomic E-state index is 13.1. The molecule has 7 nitrogen and oxygen atoms in total. The van der Waals surface area contributed by atoms with Crippen molar-refractivity contribution in [3.63, 3.8) is 0 Å². The molecule has 2 atom stereocenters. The number of nitrogens with zero attached hydrogens (tertiary/aromatic N) is 4. The molecular weight excluding hydrogens is 508 g/mol. The van der Waals surface area contributed by atoms with Crippen molar-refractivity contribution in [2.45, 2.75) is 25.4 Å². The first kappa shape index (κ1) is 24.6. The number of hydrogen-bond acceptors (Lipinski definition) is 7. The monoisotopic (exact) mass is 534 g/mol. The lowest BCUT2D eigenvalue weighted by Gasteiger charge is -2.14. The van der Waals surface area contributed by atoms with Crippen LogP contribution >= 0.6 is 15.9 Å². The minimum Gasteiger partial charge on any atom is -0.464 e. The van der Waals surface area contributed by atoms with E-state index in [1.54, 1.807) is 6.92 Å². The summed E-state index contributed by atoms with van der Waals surface area (Å²) in [6, 6.07) is 22.3. The van der Waals surface area contributed by atoms with Crippen LogP contribution in [0.1, 0.15) is 25.5 Å². The minimum absolute atomic E-state index is 0.197. The van der Waals surface area contributed by atoms with Gasteiger partial charge in [0, 0.05) is 29.9 Å². The first-order valence-electron chi connectivity index (χ1n) is 11.3. The number of carbonyl (C=O) groups excluding carboxylic acids is 2. The summed E-state index contributed by atoms with van der Waals surface area (Å²) in [4.78, 5) is 29.9. The number of carbonyl (C=O) groups is 2. The van der Waals surface area contributed by atoms with Crippen LogP contribution in [0.2, 0.25) is 0 Å². The molecule has 0 saturated carbocycles. The van der Waals surface area contributed by atoms with E-state index in [4.69, 9.17) is 4.74 Å². The first-order valence-corrected chi connectivity index (χ1v) is 12.1. The molecule has 0 spiro atoms. The molecule has 35 heavy (non-hydrogen) atoms. The molecule has 8 heteroatoms. The topological polar surface area (TPSA) is 74.3 Å². The van der Waals surface area contributed by atoms with E-state index in [1.807, 2.05) is 96.7 Å². The van der Waals surface area contributed by atoms with Crippen molar-refractivity contribution in [1.82, 2.24) is 0 Å². The van der Waals surface area contributed by atoms with Gasteiger partial charge in [-0.25, -0.2) is 4.79 Å². The van der Waals surface area contributed by atoms with Gasteiger partial charge in [0.15, 0.2) is 5.78 Å². The van der Waals surface area contributed by atoms with Crippen molar-refractivity contribution in [3.05, 3.63) is 82.8 Å². The zero-order chi connectivity index (χ0) is 25.2. The summed E-state index contributed by atoms with van der Waals surface area (Å²) in [5.41, 5.74) is 2.63. The van der Waals surface area contributed by atoms with Gasteiger partial charge in [0.05, 0.1) is 24.0 Å². The van der Waals surface area contributed by atoms with Gasteiger partial charge in [-0.1, -0.05) is 34.1 Å². The van der Waals surface area contributed by atoms with E-state index >= 15 is 0 Å². The highest BCUT2D eigenvalue weighted by atomic mass is 79.9. The number of ether oxygens (including phenoxy) is 1. The lowest BCUT2D eigenvalue weighted by Crippen LogP contribution is -2.39. The predicted molar refractivity (Wildman–Crippen MR) is 141 cm³/mol. The minimum atomic E-state index is -1.39. The zero-order valence-corrected chi connectivity index (χ0v) is 21.7. The molecule has 0 N–H and O–H groups in total. The number of halogens is 1. The molecule has 3 aromatic carbocycles. The second-order valence-corrected chi connectivity index (χ2v) is 9.41. The molecule has 3 aromatic rings. The Morgan fingerprint density at radius 3 is 2.23 bits per heavy atom. The second-order valence-electron chi connectivity index (χ2n) is 8.50. The highest BCUT2D eigenvalue weighted by molar-refractivity contribution is 9.10. The normalized spacial score (nSPS) is 19.0. The Kier molecular flexibility index (Phi) is 7.03. The number of Topliss-reactive ketones (excluding diaryl/α,β-unsaturated/α-hetero) is 1. The SMILES string of the molecule is CCOC(=O)C1(C(C)=O)C(c2ccc(N(C)C)cc2)N1c1ccc(N=Nc2cccc(Br)c2)cc1. The molecule has 1 heterocycles. The number of rotatable bonds is 8. The highest BCUT2D eigenvalue weighted by Gasteiger charge is 2.73. The third-order valence-electron chi connectivity index (χ3n) is 6.03. The maximum Gasteiger partial charge on any atom is 0.342 e. The molecule has 0 aliphatic carbocycles. The fourth-order valence-electron chi connectivity index (χ4n) is 4.28. The summed E-state index contributed by atoms with van der Waals surface area (Å²) < 4.78 is 6.30. The van der Waals surface area contributed by atoms with Crippen LogP contribution in [0.4, 0.5) is 22.7 Å². The van der Waals surface area contributed by atoms with Crippen molar-refractivity contribution < 1.29 is 14.3 Å². The molecule has 1 saturated heterocycles. The van der Waals surface area contributed by atoms with Gasteiger partial charge in [0.1, 0.15) is 0 Å². The summed E-state index contributed by atoms with van der Waals surface area (Å²) in [5.74, 6) is -0.788. The average Bonchev–Trinajstić information content (AvgIpc) is 3.55. The Morgan fingerprint density at radius 1 is 1.00 bits per heavy atom. The van der Waals surface area contributed by atoms with Crippen LogP contribution in [0.15, 0.2) is 87.5 Å². The molecular formula is C27H27BrN4O3. The third-order valence-corrected chi connectivity index (χ3v) is 6.53. The van der Waals surface area contributed by atoms with Crippen molar-refractivity contribution >= 4 is 50.4 Å². The molecule has 0 radical (unpaired) electrons. The number of esters is 1. The van der Waals surface area contributed by atoms with E-state index in [-0.39, 0.29) is 12.4 Å². The summed E-state index contributed by atoms with van der Waals surface area (Å²) in [7, 11) is 3.93. The quantitative estimate of drug-likeness (QED) is 0.145. The summed E-state index contributed by atoms with van der Waals surface area (Å²) in [6.07, 6.45) is 0. The Bertz CT molecular complexity index is 1260. The number of ketones is 1. The van der Waals surface area contributed by atoms with E-state index in [0.717, 1.165) is 27.1 Å². The first-order chi connectivity index (χ1) is 16.8. The molecule has 4 rings (SSSR count). The Morgan fingerprint density at radius 2 is 1.66 bits per heavy atom. The lowest BCUT2D eigenvalue weighted by molar-refractivity contribution is -0.148. The standard InChI is InChI=1S/C27H27BrN4O3/c1-5-35-26(34)27(18(2)33)25(19-9-13-23(14-10-19)31(3)4)32(27)24-15-11-21(12-16-24)29-30-22-8-6-7-20(28)17-22/h6-17,25H,5H2,1-4H3. The third kappa shape index (κ3) is 4.71. The van der Waals surface area contributed by atoms with Crippen molar-refractivity contribution in [1.29, 1.82) is 0 Å². The van der Waals surface area contributed by atoms with Gasteiger partial charge in [0.25, 0.3) is 0 Å². The van der Waals surface area contributed by atoms with Gasteiger partial charge in [-0.05, 0) is 74.0 Å². The van der Waals surface area contributed by atoms with Crippen LogP contribution in [-0.2, 0) is 14.3 Å². The van der Waals surface area contributed by atoms with E-state index in [0.29, 0.717) is 5.69 Å². The van der Waals surface area contributed by atoms with Gasteiger partial charge >= 0.3 is 5.97 Å². The summed E-state index contributed by atoms with van der Waals surface area (Å²) >= 11 is 3.43. The Hall–Kier alpha value is -3.52. The molecule has 2 unspecified atom stereocenters. The van der Waals surface area contributed by atoms with Crippen molar-refractivity contribution in [3.8, 4) is 0 Å². The van der Waals surface area contributed by atoms with Crippen molar-refractivity contribution in [2.24, 2.45) is 10.2 Å². The van der Waals surface area contributed by atoms with Gasteiger partial charge in [-0.3, -0.25) is 4.79 Å².